The first-order chi connectivity index (χ1) is 9.13. The largest absolute Gasteiger partial charge is 0.369 e. The van der Waals surface area contributed by atoms with Crippen molar-refractivity contribution in [2.24, 2.45) is 5.73 Å². The Kier molecular flexibility index (Phi) is 4.84. The fourth-order valence-electron chi connectivity index (χ4n) is 2.87. The Bertz CT molecular complexity index is 473. The Morgan fingerprint density at radius 1 is 1.32 bits per heavy atom. The van der Waals surface area contributed by atoms with Crippen molar-refractivity contribution in [3.8, 4) is 6.07 Å². The minimum atomic E-state index is 0.368. The zero-order valence-corrected chi connectivity index (χ0v) is 12.9. The fourth-order valence-corrected chi connectivity index (χ4v) is 3.35. The van der Waals surface area contributed by atoms with Crippen molar-refractivity contribution in [2.45, 2.75) is 44.7 Å². The lowest BCUT2D eigenvalue weighted by Gasteiger charge is -2.37. The molecule has 0 spiro atoms. The molecule has 102 valence electrons. The summed E-state index contributed by atoms with van der Waals surface area (Å²) in [7, 11) is 0. The lowest BCUT2D eigenvalue weighted by molar-refractivity contribution is 0.378. The van der Waals surface area contributed by atoms with Crippen LogP contribution < -0.4 is 10.6 Å². The van der Waals surface area contributed by atoms with Crippen LogP contribution in [0.15, 0.2) is 22.7 Å². The van der Waals surface area contributed by atoms with Gasteiger partial charge in [0.15, 0.2) is 0 Å². The predicted octanol–water partition coefficient (Wildman–Crippen LogP) is 3.42. The van der Waals surface area contributed by atoms with E-state index in [-0.39, 0.29) is 0 Å². The van der Waals surface area contributed by atoms with Crippen molar-refractivity contribution in [1.29, 1.82) is 5.26 Å². The molecule has 1 aromatic rings. The van der Waals surface area contributed by atoms with E-state index >= 15 is 0 Å². The quantitative estimate of drug-likeness (QED) is 0.928. The van der Waals surface area contributed by atoms with Crippen LogP contribution in [0.3, 0.4) is 0 Å². The summed E-state index contributed by atoms with van der Waals surface area (Å²) in [6, 6.07) is 9.06. The van der Waals surface area contributed by atoms with E-state index < -0.39 is 0 Å². The highest BCUT2D eigenvalue weighted by Crippen LogP contribution is 2.29. The van der Waals surface area contributed by atoms with Gasteiger partial charge in [-0.25, -0.2) is 0 Å². The average Bonchev–Trinajstić information content (AvgIpc) is 2.41. The number of halogens is 1. The minimum Gasteiger partial charge on any atom is -0.369 e. The average molecular weight is 322 g/mol. The molecule has 19 heavy (non-hydrogen) atoms. The molecule has 0 atom stereocenters. The van der Waals surface area contributed by atoms with Crippen molar-refractivity contribution in [1.82, 2.24) is 0 Å². The van der Waals surface area contributed by atoms with Crippen LogP contribution in [-0.4, -0.2) is 18.6 Å². The second-order valence-electron chi connectivity index (χ2n) is 5.16. The molecule has 0 bridgehead atoms. The van der Waals surface area contributed by atoms with E-state index in [4.69, 9.17) is 11.0 Å². The molecule has 1 saturated carbocycles. The molecule has 1 aromatic carbocycles. The molecular formula is C15H20BrN3. The summed E-state index contributed by atoms with van der Waals surface area (Å²) in [6.45, 7) is 3.13. The molecule has 0 aromatic heterocycles. The van der Waals surface area contributed by atoms with Crippen molar-refractivity contribution < 1.29 is 0 Å². The Hall–Kier alpha value is -1.05. The molecule has 0 unspecified atom stereocenters. The first-order valence-electron chi connectivity index (χ1n) is 6.87. The summed E-state index contributed by atoms with van der Waals surface area (Å²) in [5.41, 5.74) is 7.82. The van der Waals surface area contributed by atoms with Gasteiger partial charge in [-0.3, -0.25) is 0 Å². The minimum absolute atomic E-state index is 0.368. The standard InChI is InChI=1S/C15H20BrN3/c1-2-19(14-5-3-13(18)4-6-14)15-8-11(10-17)7-12(16)9-15/h7-9,13-14H,2-6,18H2,1H3. The lowest BCUT2D eigenvalue weighted by atomic mass is 9.90. The normalized spacial score (nSPS) is 22.8. The van der Waals surface area contributed by atoms with Gasteiger partial charge >= 0.3 is 0 Å². The van der Waals surface area contributed by atoms with Crippen LogP contribution >= 0.6 is 15.9 Å². The topological polar surface area (TPSA) is 53.0 Å². The zero-order chi connectivity index (χ0) is 13.8. The number of anilines is 1. The summed E-state index contributed by atoms with van der Waals surface area (Å²) in [5, 5.41) is 9.08. The van der Waals surface area contributed by atoms with Gasteiger partial charge in [0.05, 0.1) is 11.6 Å². The third-order valence-corrected chi connectivity index (χ3v) is 4.32. The molecule has 1 fully saturated rings. The second kappa shape index (κ2) is 6.40. The Balaban J connectivity index is 2.22. The predicted molar refractivity (Wildman–Crippen MR) is 82.1 cm³/mol. The van der Waals surface area contributed by atoms with E-state index in [1.807, 2.05) is 12.1 Å². The lowest BCUT2D eigenvalue weighted by Crippen LogP contribution is -2.41. The summed E-state index contributed by atoms with van der Waals surface area (Å²) in [5.74, 6) is 0. The maximum absolute atomic E-state index is 9.08. The number of benzene rings is 1. The third kappa shape index (κ3) is 3.49. The maximum Gasteiger partial charge on any atom is 0.0992 e. The molecule has 2 rings (SSSR count). The number of nitrogens with two attached hydrogens (primary N) is 1. The highest BCUT2D eigenvalue weighted by molar-refractivity contribution is 9.10. The Labute approximate surface area is 123 Å². The van der Waals surface area contributed by atoms with E-state index in [1.165, 1.54) is 0 Å². The molecule has 0 saturated heterocycles. The summed E-state index contributed by atoms with van der Waals surface area (Å²) in [4.78, 5) is 2.40. The van der Waals surface area contributed by atoms with Gasteiger partial charge in [0.2, 0.25) is 0 Å². The number of nitrogens with zero attached hydrogens (tertiary/aromatic N) is 2. The molecular weight excluding hydrogens is 302 g/mol. The number of hydrogen-bond donors (Lipinski definition) is 1. The molecule has 3 nitrogen and oxygen atoms in total. The maximum atomic E-state index is 9.08. The highest BCUT2D eigenvalue weighted by Gasteiger charge is 2.23. The van der Waals surface area contributed by atoms with Gasteiger partial charge in [0, 0.05) is 28.8 Å². The molecule has 4 heteroatoms. The van der Waals surface area contributed by atoms with Crippen molar-refractivity contribution in [2.75, 3.05) is 11.4 Å². The van der Waals surface area contributed by atoms with Crippen LogP contribution in [0.2, 0.25) is 0 Å². The zero-order valence-electron chi connectivity index (χ0n) is 11.3. The van der Waals surface area contributed by atoms with E-state index in [0.29, 0.717) is 17.6 Å². The van der Waals surface area contributed by atoms with Crippen molar-refractivity contribution in [3.05, 3.63) is 28.2 Å². The molecule has 0 amide bonds. The van der Waals surface area contributed by atoms with Gasteiger partial charge < -0.3 is 10.6 Å². The third-order valence-electron chi connectivity index (χ3n) is 3.87. The van der Waals surface area contributed by atoms with Crippen LogP contribution in [0.4, 0.5) is 5.69 Å². The SMILES string of the molecule is CCN(c1cc(Br)cc(C#N)c1)C1CCC(N)CC1. The van der Waals surface area contributed by atoms with Crippen molar-refractivity contribution >= 4 is 21.6 Å². The summed E-state index contributed by atoms with van der Waals surface area (Å²) < 4.78 is 0.965. The summed E-state index contributed by atoms with van der Waals surface area (Å²) in [6.07, 6.45) is 4.48. The van der Waals surface area contributed by atoms with E-state index in [1.54, 1.807) is 0 Å². The fraction of sp³-hybridized carbons (Fsp3) is 0.533. The second-order valence-corrected chi connectivity index (χ2v) is 6.08. The molecule has 0 radical (unpaired) electrons. The molecule has 0 aliphatic heterocycles. The summed E-state index contributed by atoms with van der Waals surface area (Å²) >= 11 is 3.49. The molecule has 0 heterocycles. The van der Waals surface area contributed by atoms with Crippen LogP contribution in [-0.2, 0) is 0 Å². The van der Waals surface area contributed by atoms with E-state index in [9.17, 15) is 0 Å². The van der Waals surface area contributed by atoms with Gasteiger partial charge in [-0.15, -0.1) is 0 Å². The number of hydrogen-bond acceptors (Lipinski definition) is 3. The highest BCUT2D eigenvalue weighted by atomic mass is 79.9. The van der Waals surface area contributed by atoms with Crippen LogP contribution in [0.5, 0.6) is 0 Å². The number of nitriles is 1. The Morgan fingerprint density at radius 2 is 2.00 bits per heavy atom. The van der Waals surface area contributed by atoms with Gasteiger partial charge in [0.25, 0.3) is 0 Å². The smallest absolute Gasteiger partial charge is 0.0992 e. The van der Waals surface area contributed by atoms with Crippen LogP contribution in [0, 0.1) is 11.3 Å². The van der Waals surface area contributed by atoms with Gasteiger partial charge in [-0.05, 0) is 50.8 Å². The first-order valence-corrected chi connectivity index (χ1v) is 7.66. The van der Waals surface area contributed by atoms with Crippen LogP contribution in [0.1, 0.15) is 38.2 Å². The van der Waals surface area contributed by atoms with E-state index in [0.717, 1.165) is 42.4 Å². The Morgan fingerprint density at radius 3 is 2.58 bits per heavy atom. The first kappa shape index (κ1) is 14.4. The monoisotopic (exact) mass is 321 g/mol. The number of rotatable bonds is 3. The molecule has 1 aliphatic rings. The molecule has 2 N–H and O–H groups in total. The van der Waals surface area contributed by atoms with E-state index in [2.05, 4.69) is 39.9 Å². The molecule has 1 aliphatic carbocycles. The van der Waals surface area contributed by atoms with Crippen LogP contribution in [0.25, 0.3) is 0 Å². The van der Waals surface area contributed by atoms with Gasteiger partial charge in [-0.1, -0.05) is 15.9 Å². The van der Waals surface area contributed by atoms with Gasteiger partial charge in [0.1, 0.15) is 0 Å². The van der Waals surface area contributed by atoms with Crippen molar-refractivity contribution in [3.63, 3.8) is 0 Å². The van der Waals surface area contributed by atoms with Gasteiger partial charge in [-0.2, -0.15) is 5.26 Å².